The van der Waals surface area contributed by atoms with Gasteiger partial charge in [-0.3, -0.25) is 4.79 Å². The Bertz CT molecular complexity index is 1020. The number of anilines is 2. The smallest absolute Gasteiger partial charge is 0.367 e. The second kappa shape index (κ2) is 7.54. The van der Waals surface area contributed by atoms with Gasteiger partial charge in [0.1, 0.15) is 11.5 Å². The average molecular weight is 398 g/mol. The van der Waals surface area contributed by atoms with E-state index in [0.29, 0.717) is 17.7 Å². The van der Waals surface area contributed by atoms with Crippen molar-refractivity contribution in [2.75, 3.05) is 10.6 Å². The number of benzene rings is 2. The molecule has 1 fully saturated rings. The van der Waals surface area contributed by atoms with Gasteiger partial charge in [-0.15, -0.1) is 0 Å². The molecule has 29 heavy (non-hydrogen) atoms. The molecule has 0 atom stereocenters. The minimum Gasteiger partial charge on any atom is -0.367 e. The average Bonchev–Trinajstić information content (AvgIpc) is 3.52. The lowest BCUT2D eigenvalue weighted by molar-refractivity contribution is -0.137. The van der Waals surface area contributed by atoms with E-state index in [1.807, 2.05) is 30.3 Å². The number of alkyl halides is 3. The van der Waals surface area contributed by atoms with Gasteiger partial charge < -0.3 is 10.6 Å². The molecule has 1 amide bonds. The first-order valence-corrected chi connectivity index (χ1v) is 9.08. The van der Waals surface area contributed by atoms with E-state index in [0.717, 1.165) is 30.5 Å². The Labute approximate surface area is 165 Å². The summed E-state index contributed by atoms with van der Waals surface area (Å²) in [6.45, 7) is 0. The SMILES string of the molecule is O=C(Nc1ccc(C(F)(F)F)cc1)c1cc(NC2CC2)nc(-c2ccccc2)n1. The molecule has 0 aliphatic heterocycles. The van der Waals surface area contributed by atoms with E-state index < -0.39 is 17.6 Å². The van der Waals surface area contributed by atoms with E-state index in [-0.39, 0.29) is 11.4 Å². The van der Waals surface area contributed by atoms with E-state index in [2.05, 4.69) is 20.6 Å². The molecule has 148 valence electrons. The van der Waals surface area contributed by atoms with Crippen molar-refractivity contribution in [1.29, 1.82) is 0 Å². The molecule has 5 nitrogen and oxygen atoms in total. The number of nitrogens with zero attached hydrogens (tertiary/aromatic N) is 2. The summed E-state index contributed by atoms with van der Waals surface area (Å²) in [5, 5.41) is 5.84. The van der Waals surface area contributed by atoms with Crippen molar-refractivity contribution in [2.45, 2.75) is 25.1 Å². The van der Waals surface area contributed by atoms with Gasteiger partial charge in [0.25, 0.3) is 5.91 Å². The largest absolute Gasteiger partial charge is 0.416 e. The zero-order chi connectivity index (χ0) is 20.4. The molecule has 0 bridgehead atoms. The molecule has 0 saturated heterocycles. The quantitative estimate of drug-likeness (QED) is 0.636. The monoisotopic (exact) mass is 398 g/mol. The van der Waals surface area contributed by atoms with Crippen LogP contribution in [0.5, 0.6) is 0 Å². The highest BCUT2D eigenvalue weighted by Gasteiger charge is 2.30. The van der Waals surface area contributed by atoms with Crippen molar-refractivity contribution in [2.24, 2.45) is 0 Å². The number of halogens is 3. The fourth-order valence-electron chi connectivity index (χ4n) is 2.73. The van der Waals surface area contributed by atoms with Crippen molar-refractivity contribution in [3.05, 3.63) is 71.9 Å². The topological polar surface area (TPSA) is 66.9 Å². The number of amides is 1. The van der Waals surface area contributed by atoms with E-state index in [9.17, 15) is 18.0 Å². The molecule has 0 radical (unpaired) electrons. The van der Waals surface area contributed by atoms with Gasteiger partial charge in [0, 0.05) is 23.4 Å². The summed E-state index contributed by atoms with van der Waals surface area (Å²) >= 11 is 0. The Kier molecular flexibility index (Phi) is 4.92. The lowest BCUT2D eigenvalue weighted by Crippen LogP contribution is -2.16. The third kappa shape index (κ3) is 4.71. The van der Waals surface area contributed by atoms with Crippen LogP contribution in [0.1, 0.15) is 28.9 Å². The molecule has 8 heteroatoms. The molecule has 1 heterocycles. The van der Waals surface area contributed by atoms with Crippen molar-refractivity contribution >= 4 is 17.4 Å². The summed E-state index contributed by atoms with van der Waals surface area (Å²) in [6, 6.07) is 15.4. The Morgan fingerprint density at radius 2 is 1.66 bits per heavy atom. The Morgan fingerprint density at radius 1 is 0.966 bits per heavy atom. The highest BCUT2D eigenvalue weighted by Crippen LogP contribution is 2.30. The van der Waals surface area contributed by atoms with Crippen LogP contribution < -0.4 is 10.6 Å². The minimum absolute atomic E-state index is 0.127. The second-order valence-corrected chi connectivity index (χ2v) is 6.78. The van der Waals surface area contributed by atoms with Crippen molar-refractivity contribution in [3.8, 4) is 11.4 Å². The van der Waals surface area contributed by atoms with Gasteiger partial charge >= 0.3 is 6.18 Å². The summed E-state index contributed by atoms with van der Waals surface area (Å²) < 4.78 is 38.1. The second-order valence-electron chi connectivity index (χ2n) is 6.78. The van der Waals surface area contributed by atoms with Gasteiger partial charge in [-0.05, 0) is 37.1 Å². The maximum absolute atomic E-state index is 12.7. The maximum atomic E-state index is 12.7. The van der Waals surface area contributed by atoms with Crippen LogP contribution in [0, 0.1) is 0 Å². The van der Waals surface area contributed by atoms with Crippen LogP contribution in [0.3, 0.4) is 0 Å². The fraction of sp³-hybridized carbons (Fsp3) is 0.190. The van der Waals surface area contributed by atoms with Crippen LogP contribution in [0.2, 0.25) is 0 Å². The molecular formula is C21H17F3N4O. The van der Waals surface area contributed by atoms with E-state index in [1.54, 1.807) is 6.07 Å². The first-order chi connectivity index (χ1) is 13.9. The molecule has 1 aliphatic carbocycles. The number of aromatic nitrogens is 2. The number of hydrogen-bond donors (Lipinski definition) is 2. The van der Waals surface area contributed by atoms with E-state index >= 15 is 0 Å². The summed E-state index contributed by atoms with van der Waals surface area (Å²) in [7, 11) is 0. The van der Waals surface area contributed by atoms with Gasteiger partial charge in [-0.1, -0.05) is 30.3 Å². The molecule has 0 spiro atoms. The zero-order valence-corrected chi connectivity index (χ0v) is 15.2. The van der Waals surface area contributed by atoms with Crippen LogP contribution in [-0.4, -0.2) is 21.9 Å². The third-order valence-electron chi connectivity index (χ3n) is 4.39. The molecule has 4 rings (SSSR count). The predicted octanol–water partition coefficient (Wildman–Crippen LogP) is 4.99. The van der Waals surface area contributed by atoms with Gasteiger partial charge in [0.2, 0.25) is 0 Å². The highest BCUT2D eigenvalue weighted by atomic mass is 19.4. The predicted molar refractivity (Wildman–Crippen MR) is 104 cm³/mol. The van der Waals surface area contributed by atoms with Gasteiger partial charge in [0.05, 0.1) is 5.56 Å². The van der Waals surface area contributed by atoms with E-state index in [1.165, 1.54) is 12.1 Å². The lowest BCUT2D eigenvalue weighted by Gasteiger charge is -2.11. The van der Waals surface area contributed by atoms with E-state index in [4.69, 9.17) is 0 Å². The summed E-state index contributed by atoms with van der Waals surface area (Å²) in [4.78, 5) is 21.5. The summed E-state index contributed by atoms with van der Waals surface area (Å²) in [6.07, 6.45) is -2.35. The molecule has 2 N–H and O–H groups in total. The first kappa shape index (κ1) is 18.9. The van der Waals surface area contributed by atoms with Gasteiger partial charge in [-0.2, -0.15) is 13.2 Å². The number of nitrogens with one attached hydrogen (secondary N) is 2. The Morgan fingerprint density at radius 3 is 2.28 bits per heavy atom. The normalized spacial score (nSPS) is 13.8. The zero-order valence-electron chi connectivity index (χ0n) is 15.2. The summed E-state index contributed by atoms with van der Waals surface area (Å²) in [5.74, 6) is 0.413. The molecule has 1 aromatic heterocycles. The van der Waals surface area contributed by atoms with Crippen LogP contribution >= 0.6 is 0 Å². The van der Waals surface area contributed by atoms with Crippen molar-refractivity contribution in [3.63, 3.8) is 0 Å². The first-order valence-electron chi connectivity index (χ1n) is 9.08. The lowest BCUT2D eigenvalue weighted by atomic mass is 10.2. The molecular weight excluding hydrogens is 381 g/mol. The number of rotatable bonds is 5. The molecule has 2 aromatic carbocycles. The van der Waals surface area contributed by atoms with Crippen molar-refractivity contribution in [1.82, 2.24) is 9.97 Å². The fourth-order valence-corrected chi connectivity index (χ4v) is 2.73. The van der Waals surface area contributed by atoms with Crippen LogP contribution in [0.25, 0.3) is 11.4 Å². The minimum atomic E-state index is -4.43. The summed E-state index contributed by atoms with van der Waals surface area (Å²) in [5.41, 5.74) is 0.358. The number of carbonyl (C=O) groups is 1. The Hall–Kier alpha value is -3.42. The third-order valence-corrected chi connectivity index (χ3v) is 4.39. The van der Waals surface area contributed by atoms with Crippen LogP contribution in [0.4, 0.5) is 24.7 Å². The number of carbonyl (C=O) groups excluding carboxylic acids is 1. The van der Waals surface area contributed by atoms with Gasteiger partial charge in [0.15, 0.2) is 5.82 Å². The standard InChI is InChI=1S/C21H17F3N4O/c22-21(23,24)14-6-8-16(9-7-14)26-20(29)17-12-18(25-15-10-11-15)28-19(27-17)13-4-2-1-3-5-13/h1-9,12,15H,10-11H2,(H,26,29)(H,25,27,28). The molecule has 1 aliphatic rings. The van der Waals surface area contributed by atoms with Crippen LogP contribution in [-0.2, 0) is 6.18 Å². The van der Waals surface area contributed by atoms with Crippen molar-refractivity contribution < 1.29 is 18.0 Å². The van der Waals surface area contributed by atoms with Gasteiger partial charge in [-0.25, -0.2) is 9.97 Å². The molecule has 3 aromatic rings. The molecule has 1 saturated carbocycles. The number of hydrogen-bond acceptors (Lipinski definition) is 4. The Balaban J connectivity index is 1.60. The van der Waals surface area contributed by atoms with Crippen LogP contribution in [0.15, 0.2) is 60.7 Å². The molecule has 0 unspecified atom stereocenters. The highest BCUT2D eigenvalue weighted by molar-refractivity contribution is 6.03. The maximum Gasteiger partial charge on any atom is 0.416 e.